The molecule has 11 heteroatoms. The van der Waals surface area contributed by atoms with Crippen molar-refractivity contribution < 1.29 is 52.4 Å². The molecule has 0 spiro atoms. The molecule has 0 aromatic heterocycles. The first-order valence-corrected chi connectivity index (χ1v) is 14.6. The van der Waals surface area contributed by atoms with Crippen molar-refractivity contribution in [3.8, 4) is 0 Å². The largest absolute Gasteiger partial charge is 0.459 e. The van der Waals surface area contributed by atoms with E-state index >= 15 is 0 Å². The number of rotatable bonds is 10. The van der Waals surface area contributed by atoms with E-state index in [-0.39, 0.29) is 22.3 Å². The van der Waals surface area contributed by atoms with Gasteiger partial charge >= 0.3 is 29.8 Å². The van der Waals surface area contributed by atoms with Crippen molar-refractivity contribution in [2.75, 3.05) is 6.61 Å². The average molecular weight is 639 g/mol. The van der Waals surface area contributed by atoms with Gasteiger partial charge in [0, 0.05) is 6.92 Å². The summed E-state index contributed by atoms with van der Waals surface area (Å²) in [6.45, 7) is 0.577. The van der Waals surface area contributed by atoms with E-state index in [2.05, 4.69) is 0 Å². The Kier molecular flexibility index (Phi) is 10.7. The molecule has 1 heterocycles. The van der Waals surface area contributed by atoms with E-state index in [9.17, 15) is 24.0 Å². The Labute approximate surface area is 269 Å². The van der Waals surface area contributed by atoms with Crippen LogP contribution in [0.1, 0.15) is 48.4 Å². The molecule has 1 aliphatic rings. The fourth-order valence-electron chi connectivity index (χ4n) is 4.80. The standard InChI is InChI=1S/C36H30O11/c1-23(37)43-30-29(45-33(39)25-16-8-3-9-17-25)28(22-42-32(38)24-14-6-2-7-15-24)44-36(47-35(41)27-20-12-5-13-21-27)31(30)46-34(40)26-18-10-4-11-19-26/h2-21,28-31,36H,22H2,1H3/t28-,29-,30+,31-,36+/m1/s1. The van der Waals surface area contributed by atoms with Crippen molar-refractivity contribution in [1.29, 1.82) is 0 Å². The van der Waals surface area contributed by atoms with Gasteiger partial charge in [0.05, 0.1) is 22.3 Å². The number of esters is 5. The molecule has 4 aromatic rings. The van der Waals surface area contributed by atoms with Crippen LogP contribution in [0.5, 0.6) is 0 Å². The van der Waals surface area contributed by atoms with Gasteiger partial charge in [-0.15, -0.1) is 0 Å². The first kappa shape index (κ1) is 32.6. The van der Waals surface area contributed by atoms with E-state index < -0.39 is 67.2 Å². The van der Waals surface area contributed by atoms with Crippen LogP contribution in [0.4, 0.5) is 0 Å². The molecule has 1 fully saturated rings. The van der Waals surface area contributed by atoms with Crippen LogP contribution in [0.3, 0.4) is 0 Å². The summed E-state index contributed by atoms with van der Waals surface area (Å²) in [7, 11) is 0. The smallest absolute Gasteiger partial charge is 0.340 e. The molecule has 4 aromatic carbocycles. The highest BCUT2D eigenvalue weighted by Gasteiger charge is 2.54. The minimum absolute atomic E-state index is 0.138. The fourth-order valence-corrected chi connectivity index (χ4v) is 4.80. The Hall–Kier alpha value is -5.81. The second-order valence-corrected chi connectivity index (χ2v) is 10.3. The van der Waals surface area contributed by atoms with Crippen LogP contribution in [0.25, 0.3) is 0 Å². The molecule has 5 rings (SSSR count). The normalized spacial score (nSPS) is 20.2. The Bertz CT molecular complexity index is 1680. The molecule has 0 bridgehead atoms. The van der Waals surface area contributed by atoms with Gasteiger partial charge in [-0.25, -0.2) is 19.2 Å². The molecule has 5 atom stereocenters. The van der Waals surface area contributed by atoms with E-state index in [1.165, 1.54) is 36.4 Å². The van der Waals surface area contributed by atoms with Gasteiger partial charge in [-0.2, -0.15) is 0 Å². The molecular weight excluding hydrogens is 608 g/mol. The SMILES string of the molecule is CC(=O)O[C@@H]1[C@@H](OC(=O)c2ccccc2)[C@H](OC(=O)c2ccccc2)O[C@H](COC(=O)c2ccccc2)[C@H]1OC(=O)c1ccccc1. The summed E-state index contributed by atoms with van der Waals surface area (Å²) >= 11 is 0. The predicted octanol–water partition coefficient (Wildman–Crippen LogP) is 4.81. The number of carbonyl (C=O) groups excluding carboxylic acids is 5. The van der Waals surface area contributed by atoms with E-state index in [0.29, 0.717) is 0 Å². The Balaban J connectivity index is 1.52. The summed E-state index contributed by atoms with van der Waals surface area (Å²) in [5, 5.41) is 0. The van der Waals surface area contributed by atoms with Crippen LogP contribution in [-0.4, -0.2) is 67.2 Å². The molecule has 0 amide bonds. The van der Waals surface area contributed by atoms with Crippen molar-refractivity contribution in [2.24, 2.45) is 0 Å². The number of hydrogen-bond donors (Lipinski definition) is 0. The van der Waals surface area contributed by atoms with Gasteiger partial charge < -0.3 is 28.4 Å². The van der Waals surface area contributed by atoms with E-state index in [0.717, 1.165) is 6.92 Å². The van der Waals surface area contributed by atoms with Crippen molar-refractivity contribution in [3.63, 3.8) is 0 Å². The summed E-state index contributed by atoms with van der Waals surface area (Å²) in [5.74, 6) is -4.09. The lowest BCUT2D eigenvalue weighted by Crippen LogP contribution is -2.63. The summed E-state index contributed by atoms with van der Waals surface area (Å²) in [5.41, 5.74) is 0.681. The third-order valence-corrected chi connectivity index (χ3v) is 7.02. The molecule has 1 aliphatic heterocycles. The van der Waals surface area contributed by atoms with Crippen molar-refractivity contribution >= 4 is 29.8 Å². The predicted molar refractivity (Wildman–Crippen MR) is 164 cm³/mol. The van der Waals surface area contributed by atoms with Gasteiger partial charge in [-0.3, -0.25) is 4.79 Å². The van der Waals surface area contributed by atoms with Crippen LogP contribution in [0.2, 0.25) is 0 Å². The highest BCUT2D eigenvalue weighted by molar-refractivity contribution is 5.91. The Morgan fingerprint density at radius 1 is 0.489 bits per heavy atom. The van der Waals surface area contributed by atoms with Crippen LogP contribution >= 0.6 is 0 Å². The second kappa shape index (κ2) is 15.5. The highest BCUT2D eigenvalue weighted by Crippen LogP contribution is 2.31. The van der Waals surface area contributed by atoms with Crippen LogP contribution < -0.4 is 0 Å². The Morgan fingerprint density at radius 3 is 1.30 bits per heavy atom. The van der Waals surface area contributed by atoms with Crippen LogP contribution in [0.15, 0.2) is 121 Å². The maximum Gasteiger partial charge on any atom is 0.340 e. The lowest BCUT2D eigenvalue weighted by molar-refractivity contribution is -0.286. The maximum absolute atomic E-state index is 13.3. The summed E-state index contributed by atoms with van der Waals surface area (Å²) in [6, 6.07) is 32.0. The molecular formula is C36H30O11. The monoisotopic (exact) mass is 638 g/mol. The minimum atomic E-state index is -1.70. The van der Waals surface area contributed by atoms with Crippen molar-refractivity contribution in [1.82, 2.24) is 0 Å². The molecule has 0 N–H and O–H groups in total. The molecule has 240 valence electrons. The Morgan fingerprint density at radius 2 is 0.872 bits per heavy atom. The van der Waals surface area contributed by atoms with Gasteiger partial charge in [-0.1, -0.05) is 72.8 Å². The zero-order valence-corrected chi connectivity index (χ0v) is 25.1. The van der Waals surface area contributed by atoms with Gasteiger partial charge in [0.25, 0.3) is 0 Å². The highest BCUT2D eigenvalue weighted by atomic mass is 16.7. The summed E-state index contributed by atoms with van der Waals surface area (Å²) < 4.78 is 34.6. The summed E-state index contributed by atoms with van der Waals surface area (Å²) in [6.07, 6.45) is -7.77. The molecule has 0 saturated carbocycles. The third kappa shape index (κ3) is 8.47. The number of benzene rings is 4. The van der Waals surface area contributed by atoms with Gasteiger partial charge in [-0.05, 0) is 48.5 Å². The molecule has 0 unspecified atom stereocenters. The van der Waals surface area contributed by atoms with Gasteiger partial charge in [0.1, 0.15) is 12.7 Å². The van der Waals surface area contributed by atoms with E-state index in [1.807, 2.05) is 0 Å². The van der Waals surface area contributed by atoms with Crippen LogP contribution in [-0.2, 0) is 33.2 Å². The van der Waals surface area contributed by atoms with Crippen LogP contribution in [0, 0.1) is 0 Å². The second-order valence-electron chi connectivity index (χ2n) is 10.3. The molecule has 0 aliphatic carbocycles. The topological polar surface area (TPSA) is 141 Å². The quantitative estimate of drug-likeness (QED) is 0.175. The van der Waals surface area contributed by atoms with Gasteiger partial charge in [0.2, 0.25) is 12.4 Å². The van der Waals surface area contributed by atoms with Gasteiger partial charge in [0.15, 0.2) is 12.2 Å². The number of hydrogen-bond acceptors (Lipinski definition) is 11. The number of ether oxygens (including phenoxy) is 6. The lowest BCUT2D eigenvalue weighted by atomic mass is 9.97. The molecule has 0 radical (unpaired) electrons. The first-order valence-electron chi connectivity index (χ1n) is 14.6. The number of carbonyl (C=O) groups is 5. The van der Waals surface area contributed by atoms with E-state index in [4.69, 9.17) is 28.4 Å². The molecule has 1 saturated heterocycles. The summed E-state index contributed by atoms with van der Waals surface area (Å²) in [4.78, 5) is 65.2. The maximum atomic E-state index is 13.3. The first-order chi connectivity index (χ1) is 22.8. The van der Waals surface area contributed by atoms with Crippen molar-refractivity contribution in [3.05, 3.63) is 144 Å². The molecule has 47 heavy (non-hydrogen) atoms. The zero-order chi connectivity index (χ0) is 33.2. The van der Waals surface area contributed by atoms with E-state index in [1.54, 1.807) is 84.9 Å². The average Bonchev–Trinajstić information content (AvgIpc) is 3.10. The van der Waals surface area contributed by atoms with Crippen molar-refractivity contribution in [2.45, 2.75) is 37.6 Å². The lowest BCUT2D eigenvalue weighted by Gasteiger charge is -2.43. The zero-order valence-electron chi connectivity index (χ0n) is 25.1. The minimum Gasteiger partial charge on any atom is -0.459 e. The fraction of sp³-hybridized carbons (Fsp3) is 0.194. The molecule has 11 nitrogen and oxygen atoms in total. The third-order valence-electron chi connectivity index (χ3n) is 7.02.